The van der Waals surface area contributed by atoms with Crippen molar-refractivity contribution in [2.75, 3.05) is 4.90 Å². The van der Waals surface area contributed by atoms with Crippen LogP contribution in [-0.4, -0.2) is 4.57 Å². The average Bonchev–Trinajstić information content (AvgIpc) is 4.11. The minimum Gasteiger partial charge on any atom is -0.310 e. The van der Waals surface area contributed by atoms with Crippen LogP contribution >= 0.6 is 0 Å². The molecule has 0 saturated carbocycles. The van der Waals surface area contributed by atoms with Crippen molar-refractivity contribution in [2.45, 2.75) is 85.5 Å². The molecule has 0 aliphatic heterocycles. The van der Waals surface area contributed by atoms with Crippen LogP contribution < -0.4 is 4.90 Å². The molecular formula is C75H68N2. The standard InChI is InChI=1S/C75H68N2/c1-48(2)43-68(73(3,4)5)53-29-27-50(28-30-53)49-23-25-51(26-24-49)54-33-41-71-64(44-54)65-45-55(34-42-72(65)77(71)56-17-11-10-12-18-56)52-31-35-57(36-32-52)76(58-37-39-62-60-19-13-15-21-66(60)74(6,7)69(62)46-58)59-38-40-63-61-20-14-16-22-67(61)75(8,9)70(63)47-59/h10-42,44-48,68H,43H2,1-9H3. The zero-order valence-electron chi connectivity index (χ0n) is 46.1. The highest BCUT2D eigenvalue weighted by atomic mass is 15.1. The Morgan fingerprint density at radius 2 is 0.779 bits per heavy atom. The van der Waals surface area contributed by atoms with Gasteiger partial charge in [-0.3, -0.25) is 0 Å². The van der Waals surface area contributed by atoms with Crippen LogP contribution in [0.2, 0.25) is 0 Å². The molecule has 77 heavy (non-hydrogen) atoms. The Balaban J connectivity index is 0.873. The molecule has 1 unspecified atom stereocenters. The number of aromatic nitrogens is 1. The first-order valence-corrected chi connectivity index (χ1v) is 27.9. The molecular weight excluding hydrogens is 929 g/mol. The Morgan fingerprint density at radius 3 is 1.25 bits per heavy atom. The lowest BCUT2D eigenvalue weighted by atomic mass is 9.72. The number of para-hydroxylation sites is 1. The van der Waals surface area contributed by atoms with E-state index in [0.717, 1.165) is 22.7 Å². The lowest BCUT2D eigenvalue weighted by Gasteiger charge is -2.32. The Morgan fingerprint density at radius 1 is 0.390 bits per heavy atom. The van der Waals surface area contributed by atoms with Crippen LogP contribution in [0.1, 0.15) is 102 Å². The number of fused-ring (bicyclic) bond motifs is 9. The number of nitrogens with zero attached hydrogens (tertiary/aromatic N) is 2. The summed E-state index contributed by atoms with van der Waals surface area (Å²) in [5, 5.41) is 2.48. The van der Waals surface area contributed by atoms with E-state index < -0.39 is 0 Å². The van der Waals surface area contributed by atoms with Crippen LogP contribution in [0.5, 0.6) is 0 Å². The van der Waals surface area contributed by atoms with Gasteiger partial charge in [0.1, 0.15) is 0 Å². The van der Waals surface area contributed by atoms with E-state index in [2.05, 4.69) is 296 Å². The fourth-order valence-corrected chi connectivity index (χ4v) is 13.4. The Hall–Kier alpha value is -8.20. The van der Waals surface area contributed by atoms with Gasteiger partial charge < -0.3 is 9.47 Å². The van der Waals surface area contributed by atoms with Crippen molar-refractivity contribution >= 4 is 38.9 Å². The summed E-state index contributed by atoms with van der Waals surface area (Å²) < 4.78 is 2.42. The molecule has 0 amide bonds. The van der Waals surface area contributed by atoms with Crippen molar-refractivity contribution in [3.05, 3.63) is 252 Å². The monoisotopic (exact) mass is 997 g/mol. The zero-order chi connectivity index (χ0) is 53.0. The molecule has 10 aromatic carbocycles. The molecule has 1 heterocycles. The molecule has 2 aliphatic rings. The Labute approximate surface area is 456 Å². The summed E-state index contributed by atoms with van der Waals surface area (Å²) in [6.45, 7) is 21.3. The van der Waals surface area contributed by atoms with Crippen LogP contribution in [0.15, 0.2) is 224 Å². The van der Waals surface area contributed by atoms with Gasteiger partial charge in [-0.2, -0.15) is 0 Å². The molecule has 2 nitrogen and oxygen atoms in total. The second kappa shape index (κ2) is 18.2. The summed E-state index contributed by atoms with van der Waals surface area (Å²) in [5.41, 5.74) is 26.5. The van der Waals surface area contributed by atoms with Gasteiger partial charge in [-0.1, -0.05) is 214 Å². The highest BCUT2D eigenvalue weighted by Crippen LogP contribution is 2.53. The highest BCUT2D eigenvalue weighted by Gasteiger charge is 2.38. The van der Waals surface area contributed by atoms with Gasteiger partial charge in [-0.05, 0) is 180 Å². The molecule has 0 N–H and O–H groups in total. The maximum absolute atomic E-state index is 2.47. The largest absolute Gasteiger partial charge is 0.310 e. The third-order valence-electron chi connectivity index (χ3n) is 17.5. The molecule has 0 saturated heterocycles. The number of hydrogen-bond acceptors (Lipinski definition) is 1. The van der Waals surface area contributed by atoms with E-state index in [9.17, 15) is 0 Å². The van der Waals surface area contributed by atoms with Gasteiger partial charge in [0.2, 0.25) is 0 Å². The van der Waals surface area contributed by atoms with Crippen molar-refractivity contribution in [1.29, 1.82) is 0 Å². The lowest BCUT2D eigenvalue weighted by molar-refractivity contribution is 0.280. The van der Waals surface area contributed by atoms with Crippen LogP contribution in [0.4, 0.5) is 17.1 Å². The molecule has 0 bridgehead atoms. The van der Waals surface area contributed by atoms with E-state index in [0.29, 0.717) is 11.8 Å². The maximum atomic E-state index is 2.47. The van der Waals surface area contributed by atoms with E-state index in [4.69, 9.17) is 0 Å². The van der Waals surface area contributed by atoms with E-state index in [1.807, 2.05) is 0 Å². The lowest BCUT2D eigenvalue weighted by Crippen LogP contribution is -2.20. The Bertz CT molecular complexity index is 3940. The van der Waals surface area contributed by atoms with E-state index in [1.54, 1.807) is 0 Å². The van der Waals surface area contributed by atoms with Gasteiger partial charge in [0, 0.05) is 44.4 Å². The van der Waals surface area contributed by atoms with Gasteiger partial charge in [0.05, 0.1) is 11.0 Å². The SMILES string of the molecule is CC(C)CC(c1ccc(-c2ccc(-c3ccc4c(c3)c3cc(-c5ccc(N(c6ccc7c(c6)C(C)(C)c6ccccc6-7)c6ccc7c(c6)C(C)(C)c6ccccc6-7)cc5)ccc3n4-c3ccccc3)cc2)cc1)C(C)(C)C. The molecule has 2 aliphatic carbocycles. The van der Waals surface area contributed by atoms with Gasteiger partial charge >= 0.3 is 0 Å². The van der Waals surface area contributed by atoms with Crippen molar-refractivity contribution in [3.8, 4) is 61.3 Å². The van der Waals surface area contributed by atoms with E-state index in [1.165, 1.54) is 112 Å². The van der Waals surface area contributed by atoms with Crippen molar-refractivity contribution in [3.63, 3.8) is 0 Å². The van der Waals surface area contributed by atoms with Crippen LogP contribution in [0, 0.1) is 11.3 Å². The summed E-state index contributed by atoms with van der Waals surface area (Å²) >= 11 is 0. The van der Waals surface area contributed by atoms with Gasteiger partial charge in [0.25, 0.3) is 0 Å². The predicted octanol–water partition coefficient (Wildman–Crippen LogP) is 21.0. The summed E-state index contributed by atoms with van der Waals surface area (Å²) in [6, 6.07) is 84.7. The van der Waals surface area contributed by atoms with Crippen LogP contribution in [0.3, 0.4) is 0 Å². The summed E-state index contributed by atoms with van der Waals surface area (Å²) in [6.07, 6.45) is 1.19. The van der Waals surface area contributed by atoms with Gasteiger partial charge in [0.15, 0.2) is 0 Å². The molecule has 0 spiro atoms. The molecule has 13 rings (SSSR count). The highest BCUT2D eigenvalue weighted by molar-refractivity contribution is 6.11. The third-order valence-corrected chi connectivity index (χ3v) is 17.5. The molecule has 0 radical (unpaired) electrons. The van der Waals surface area contributed by atoms with E-state index >= 15 is 0 Å². The molecule has 1 aromatic heterocycles. The van der Waals surface area contributed by atoms with Crippen molar-refractivity contribution in [1.82, 2.24) is 4.57 Å². The van der Waals surface area contributed by atoms with Crippen molar-refractivity contribution < 1.29 is 0 Å². The average molecular weight is 997 g/mol. The maximum Gasteiger partial charge on any atom is 0.0541 e. The fraction of sp³-hybridized carbons (Fsp3) is 0.200. The molecule has 11 aromatic rings. The summed E-state index contributed by atoms with van der Waals surface area (Å²) in [7, 11) is 0. The fourth-order valence-electron chi connectivity index (χ4n) is 13.4. The molecule has 378 valence electrons. The third kappa shape index (κ3) is 8.15. The van der Waals surface area contributed by atoms with E-state index in [-0.39, 0.29) is 16.2 Å². The summed E-state index contributed by atoms with van der Waals surface area (Å²) in [4.78, 5) is 2.47. The van der Waals surface area contributed by atoms with Crippen LogP contribution in [0.25, 0.3) is 83.1 Å². The quantitative estimate of drug-likeness (QED) is 0.133. The number of benzene rings is 10. The van der Waals surface area contributed by atoms with Gasteiger partial charge in [-0.25, -0.2) is 0 Å². The minimum absolute atomic E-state index is 0.121. The second-order valence-corrected chi connectivity index (χ2v) is 24.6. The number of anilines is 3. The second-order valence-electron chi connectivity index (χ2n) is 24.6. The minimum atomic E-state index is -0.121. The first-order valence-electron chi connectivity index (χ1n) is 27.9. The summed E-state index contributed by atoms with van der Waals surface area (Å²) in [5.74, 6) is 1.18. The van der Waals surface area contributed by atoms with Crippen LogP contribution in [-0.2, 0) is 10.8 Å². The smallest absolute Gasteiger partial charge is 0.0541 e. The molecule has 1 atom stereocenters. The zero-order valence-corrected chi connectivity index (χ0v) is 46.1. The topological polar surface area (TPSA) is 8.17 Å². The first kappa shape index (κ1) is 48.4. The van der Waals surface area contributed by atoms with Crippen molar-refractivity contribution in [2.24, 2.45) is 11.3 Å². The number of rotatable bonds is 10. The molecule has 2 heteroatoms. The predicted molar refractivity (Wildman–Crippen MR) is 329 cm³/mol. The Kier molecular flexibility index (Phi) is 11.5. The number of hydrogen-bond donors (Lipinski definition) is 0. The normalized spacial score (nSPS) is 14.4. The first-order chi connectivity index (χ1) is 37.1. The van der Waals surface area contributed by atoms with Gasteiger partial charge in [-0.15, -0.1) is 0 Å². The molecule has 0 fully saturated rings.